The molecule has 0 spiro atoms. The summed E-state index contributed by atoms with van der Waals surface area (Å²) in [6.45, 7) is 8.04. The summed E-state index contributed by atoms with van der Waals surface area (Å²) in [6.07, 6.45) is 0.300. The summed E-state index contributed by atoms with van der Waals surface area (Å²) < 4.78 is 0. The predicted octanol–water partition coefficient (Wildman–Crippen LogP) is 0.247. The predicted molar refractivity (Wildman–Crippen MR) is 56.7 cm³/mol. The van der Waals surface area contributed by atoms with Crippen LogP contribution in [0, 0.1) is 5.92 Å². The fourth-order valence-corrected chi connectivity index (χ4v) is 0.959. The number of hydrogen-bond acceptors (Lipinski definition) is 3. The third-order valence-corrected chi connectivity index (χ3v) is 2.56. The van der Waals surface area contributed by atoms with Crippen molar-refractivity contribution in [1.29, 1.82) is 0 Å². The van der Waals surface area contributed by atoms with Crippen LogP contribution in [-0.2, 0) is 4.79 Å². The zero-order valence-corrected chi connectivity index (χ0v) is 9.50. The van der Waals surface area contributed by atoms with Gasteiger partial charge in [0, 0.05) is 19.0 Å². The molecule has 14 heavy (non-hydrogen) atoms. The van der Waals surface area contributed by atoms with E-state index in [1.54, 1.807) is 6.92 Å². The molecule has 0 radical (unpaired) electrons. The molecule has 0 saturated heterocycles. The van der Waals surface area contributed by atoms with Gasteiger partial charge >= 0.3 is 0 Å². The SMILES string of the molecule is CC(CC(N)=O)NCC(C)(O)C(C)C. The van der Waals surface area contributed by atoms with Crippen LogP contribution in [0.4, 0.5) is 0 Å². The second-order valence-corrected chi connectivity index (χ2v) is 4.46. The molecule has 0 rings (SSSR count). The number of nitrogens with two attached hydrogens (primary N) is 1. The Bertz CT molecular complexity index is 191. The van der Waals surface area contributed by atoms with E-state index in [-0.39, 0.29) is 17.9 Å². The van der Waals surface area contributed by atoms with Crippen LogP contribution in [0.2, 0.25) is 0 Å². The van der Waals surface area contributed by atoms with Crippen molar-refractivity contribution in [3.05, 3.63) is 0 Å². The summed E-state index contributed by atoms with van der Waals surface area (Å²) >= 11 is 0. The maximum atomic E-state index is 10.6. The van der Waals surface area contributed by atoms with Gasteiger partial charge < -0.3 is 16.2 Å². The van der Waals surface area contributed by atoms with Gasteiger partial charge in [-0.1, -0.05) is 13.8 Å². The molecule has 0 heterocycles. The van der Waals surface area contributed by atoms with Crippen LogP contribution in [0.1, 0.15) is 34.1 Å². The van der Waals surface area contributed by atoms with Crippen LogP contribution in [0.15, 0.2) is 0 Å². The van der Waals surface area contributed by atoms with Crippen LogP contribution in [0.5, 0.6) is 0 Å². The van der Waals surface area contributed by atoms with Crippen molar-refractivity contribution in [2.24, 2.45) is 11.7 Å². The number of carbonyl (C=O) groups is 1. The molecule has 0 aromatic rings. The first-order chi connectivity index (χ1) is 6.25. The molecule has 0 aromatic carbocycles. The number of nitrogens with one attached hydrogen (secondary N) is 1. The van der Waals surface area contributed by atoms with Crippen LogP contribution in [-0.4, -0.2) is 29.2 Å². The highest BCUT2D eigenvalue weighted by molar-refractivity contribution is 5.74. The summed E-state index contributed by atoms with van der Waals surface area (Å²) in [7, 11) is 0. The second-order valence-electron chi connectivity index (χ2n) is 4.46. The van der Waals surface area contributed by atoms with Crippen molar-refractivity contribution < 1.29 is 9.90 Å². The fourth-order valence-electron chi connectivity index (χ4n) is 0.959. The quantitative estimate of drug-likeness (QED) is 0.578. The first-order valence-electron chi connectivity index (χ1n) is 4.99. The lowest BCUT2D eigenvalue weighted by molar-refractivity contribution is -0.118. The van der Waals surface area contributed by atoms with Gasteiger partial charge in [0.25, 0.3) is 0 Å². The summed E-state index contributed by atoms with van der Waals surface area (Å²) in [5.41, 5.74) is 4.31. The fraction of sp³-hybridized carbons (Fsp3) is 0.900. The van der Waals surface area contributed by atoms with E-state index in [4.69, 9.17) is 5.73 Å². The average molecular weight is 202 g/mol. The highest BCUT2D eigenvalue weighted by Gasteiger charge is 2.25. The molecule has 4 nitrogen and oxygen atoms in total. The van der Waals surface area contributed by atoms with E-state index in [0.29, 0.717) is 13.0 Å². The van der Waals surface area contributed by atoms with Crippen molar-refractivity contribution >= 4 is 5.91 Å². The Balaban J connectivity index is 3.87. The molecular weight excluding hydrogens is 180 g/mol. The zero-order chi connectivity index (χ0) is 11.4. The third-order valence-electron chi connectivity index (χ3n) is 2.56. The van der Waals surface area contributed by atoms with Gasteiger partial charge in [-0.2, -0.15) is 0 Å². The topological polar surface area (TPSA) is 75.4 Å². The molecule has 0 fully saturated rings. The van der Waals surface area contributed by atoms with Crippen molar-refractivity contribution in [2.75, 3.05) is 6.54 Å². The van der Waals surface area contributed by atoms with Crippen LogP contribution in [0.25, 0.3) is 0 Å². The molecule has 0 aliphatic carbocycles. The highest BCUT2D eigenvalue weighted by atomic mass is 16.3. The molecule has 1 amide bonds. The minimum absolute atomic E-state index is 0.0118. The monoisotopic (exact) mass is 202 g/mol. The van der Waals surface area contributed by atoms with E-state index in [9.17, 15) is 9.90 Å². The number of carbonyl (C=O) groups excluding carboxylic acids is 1. The number of aliphatic hydroxyl groups is 1. The second kappa shape index (κ2) is 5.32. The molecule has 2 unspecified atom stereocenters. The largest absolute Gasteiger partial charge is 0.389 e. The van der Waals surface area contributed by atoms with E-state index < -0.39 is 5.60 Å². The maximum Gasteiger partial charge on any atom is 0.218 e. The molecular formula is C10H22N2O2. The van der Waals surface area contributed by atoms with Crippen molar-refractivity contribution in [3.8, 4) is 0 Å². The molecule has 0 aliphatic rings. The van der Waals surface area contributed by atoms with Crippen LogP contribution >= 0.6 is 0 Å². The number of amides is 1. The van der Waals surface area contributed by atoms with Gasteiger partial charge in [0.05, 0.1) is 5.60 Å². The Labute approximate surface area is 85.9 Å². The van der Waals surface area contributed by atoms with Crippen LogP contribution < -0.4 is 11.1 Å². The lowest BCUT2D eigenvalue weighted by Gasteiger charge is -2.29. The first-order valence-corrected chi connectivity index (χ1v) is 4.99. The van der Waals surface area contributed by atoms with E-state index in [1.165, 1.54) is 0 Å². The normalized spacial score (nSPS) is 17.9. The molecule has 0 bridgehead atoms. The Morgan fingerprint density at radius 1 is 1.50 bits per heavy atom. The van der Waals surface area contributed by atoms with Gasteiger partial charge in [-0.3, -0.25) is 4.79 Å². The third kappa shape index (κ3) is 5.19. The summed E-state index contributed by atoms with van der Waals surface area (Å²) in [4.78, 5) is 10.6. The first kappa shape index (κ1) is 13.4. The molecule has 2 atom stereocenters. The minimum Gasteiger partial charge on any atom is -0.389 e. The lowest BCUT2D eigenvalue weighted by Crippen LogP contribution is -2.45. The number of primary amides is 1. The lowest BCUT2D eigenvalue weighted by atomic mass is 9.92. The van der Waals surface area contributed by atoms with E-state index in [1.807, 2.05) is 20.8 Å². The number of rotatable bonds is 6. The average Bonchev–Trinajstić information content (AvgIpc) is 1.99. The van der Waals surface area contributed by atoms with Gasteiger partial charge in [-0.05, 0) is 19.8 Å². The van der Waals surface area contributed by atoms with Gasteiger partial charge in [-0.15, -0.1) is 0 Å². The maximum absolute atomic E-state index is 10.6. The van der Waals surface area contributed by atoms with Gasteiger partial charge in [0.2, 0.25) is 5.91 Å². The molecule has 0 aromatic heterocycles. The molecule has 84 valence electrons. The molecule has 0 aliphatic heterocycles. The summed E-state index contributed by atoms with van der Waals surface area (Å²) in [5.74, 6) is -0.148. The van der Waals surface area contributed by atoms with Gasteiger partial charge in [-0.25, -0.2) is 0 Å². The highest BCUT2D eigenvalue weighted by Crippen LogP contribution is 2.14. The van der Waals surface area contributed by atoms with Gasteiger partial charge in [0.1, 0.15) is 0 Å². The van der Waals surface area contributed by atoms with E-state index >= 15 is 0 Å². The van der Waals surface area contributed by atoms with Crippen molar-refractivity contribution in [2.45, 2.75) is 45.8 Å². The van der Waals surface area contributed by atoms with Gasteiger partial charge in [0.15, 0.2) is 0 Å². The van der Waals surface area contributed by atoms with Crippen LogP contribution in [0.3, 0.4) is 0 Å². The van der Waals surface area contributed by atoms with Crippen molar-refractivity contribution in [1.82, 2.24) is 5.32 Å². The summed E-state index contributed by atoms with van der Waals surface area (Å²) in [6, 6.07) is 0.0118. The standard InChI is InChI=1S/C10H22N2O2/c1-7(2)10(4,14)6-12-8(3)5-9(11)13/h7-8,12,14H,5-6H2,1-4H3,(H2,11,13). The molecule has 0 saturated carbocycles. The zero-order valence-electron chi connectivity index (χ0n) is 9.50. The Kier molecular flexibility index (Phi) is 5.08. The Morgan fingerprint density at radius 2 is 2.00 bits per heavy atom. The smallest absolute Gasteiger partial charge is 0.218 e. The van der Waals surface area contributed by atoms with E-state index in [0.717, 1.165) is 0 Å². The Hall–Kier alpha value is -0.610. The molecule has 4 heteroatoms. The minimum atomic E-state index is -0.744. The number of hydrogen-bond donors (Lipinski definition) is 3. The Morgan fingerprint density at radius 3 is 2.36 bits per heavy atom. The molecule has 4 N–H and O–H groups in total. The van der Waals surface area contributed by atoms with E-state index in [2.05, 4.69) is 5.32 Å². The van der Waals surface area contributed by atoms with Crippen molar-refractivity contribution in [3.63, 3.8) is 0 Å². The summed E-state index contributed by atoms with van der Waals surface area (Å²) in [5, 5.41) is 13.0.